The van der Waals surface area contributed by atoms with Crippen LogP contribution in [-0.4, -0.2) is 11.1 Å². The number of carboxylic acid groups (broad SMARTS) is 1. The van der Waals surface area contributed by atoms with Crippen LogP contribution in [0, 0.1) is 5.92 Å². The lowest BCUT2D eigenvalue weighted by Crippen LogP contribution is -2.17. The van der Waals surface area contributed by atoms with Crippen LogP contribution < -0.4 is 0 Å². The van der Waals surface area contributed by atoms with Gasteiger partial charge in [-0.25, -0.2) is 0 Å². The molecule has 1 atom stereocenters. The van der Waals surface area contributed by atoms with Crippen LogP contribution >= 0.6 is 0 Å². The van der Waals surface area contributed by atoms with Crippen molar-refractivity contribution in [2.24, 2.45) is 5.92 Å². The zero-order valence-corrected chi connectivity index (χ0v) is 9.40. The summed E-state index contributed by atoms with van der Waals surface area (Å²) in [4.78, 5) is 11.2. The van der Waals surface area contributed by atoms with E-state index < -0.39 is 11.9 Å². The summed E-state index contributed by atoms with van der Waals surface area (Å²) in [6, 6.07) is 7.90. The van der Waals surface area contributed by atoms with Crippen LogP contribution in [0.25, 0.3) is 11.6 Å². The number of carbonyl (C=O) groups is 1. The Labute approximate surface area is 94.9 Å². The summed E-state index contributed by atoms with van der Waals surface area (Å²) in [6.07, 6.45) is 3.65. The summed E-state index contributed by atoms with van der Waals surface area (Å²) >= 11 is 0. The van der Waals surface area contributed by atoms with Crippen LogP contribution in [0.3, 0.4) is 0 Å². The van der Waals surface area contributed by atoms with Gasteiger partial charge < -0.3 is 5.11 Å². The van der Waals surface area contributed by atoms with E-state index in [-0.39, 0.29) is 0 Å². The Balaban J connectivity index is 2.64. The Morgan fingerprint density at radius 1 is 1.25 bits per heavy atom. The standard InChI is InChI=1S/C14H14O2/c1-9(2)13-11-6-4-3-5-10(11)7-8-12(13)14(15)16/h3-8,12H,1-2H3,(H,15,16). The third-order valence-corrected chi connectivity index (χ3v) is 2.83. The zero-order chi connectivity index (χ0) is 11.7. The average molecular weight is 214 g/mol. The maximum absolute atomic E-state index is 11.2. The zero-order valence-electron chi connectivity index (χ0n) is 9.40. The maximum Gasteiger partial charge on any atom is 0.314 e. The van der Waals surface area contributed by atoms with Crippen LogP contribution in [0.2, 0.25) is 0 Å². The Hall–Kier alpha value is -1.83. The summed E-state index contributed by atoms with van der Waals surface area (Å²) in [5.41, 5.74) is 4.11. The number of hydrogen-bond acceptors (Lipinski definition) is 1. The lowest BCUT2D eigenvalue weighted by Gasteiger charge is -2.21. The molecule has 0 radical (unpaired) electrons. The van der Waals surface area contributed by atoms with Gasteiger partial charge in [0.15, 0.2) is 0 Å². The first-order valence-electron chi connectivity index (χ1n) is 5.29. The molecule has 1 aromatic carbocycles. The molecule has 0 amide bonds. The molecular weight excluding hydrogens is 200 g/mol. The van der Waals surface area contributed by atoms with Gasteiger partial charge in [0.2, 0.25) is 0 Å². The maximum atomic E-state index is 11.2. The number of carboxylic acids is 1. The lowest BCUT2D eigenvalue weighted by molar-refractivity contribution is -0.138. The molecule has 2 rings (SSSR count). The van der Waals surface area contributed by atoms with Crippen molar-refractivity contribution in [3.8, 4) is 0 Å². The second-order valence-electron chi connectivity index (χ2n) is 4.18. The van der Waals surface area contributed by atoms with Crippen molar-refractivity contribution in [1.82, 2.24) is 0 Å². The van der Waals surface area contributed by atoms with Gasteiger partial charge in [-0.2, -0.15) is 0 Å². The minimum atomic E-state index is -0.790. The predicted molar refractivity (Wildman–Crippen MR) is 64.9 cm³/mol. The molecule has 0 spiro atoms. The van der Waals surface area contributed by atoms with Crippen molar-refractivity contribution >= 4 is 17.6 Å². The number of hydrogen-bond donors (Lipinski definition) is 1. The molecule has 0 fully saturated rings. The summed E-state index contributed by atoms with van der Waals surface area (Å²) in [5, 5.41) is 9.20. The van der Waals surface area contributed by atoms with Gasteiger partial charge in [-0.3, -0.25) is 4.79 Å². The number of rotatable bonds is 1. The van der Waals surface area contributed by atoms with Crippen molar-refractivity contribution in [1.29, 1.82) is 0 Å². The molecule has 82 valence electrons. The smallest absolute Gasteiger partial charge is 0.314 e. The van der Waals surface area contributed by atoms with E-state index in [1.165, 1.54) is 0 Å². The van der Waals surface area contributed by atoms with Crippen molar-refractivity contribution in [3.05, 3.63) is 47.0 Å². The van der Waals surface area contributed by atoms with Gasteiger partial charge in [0.05, 0.1) is 0 Å². The van der Waals surface area contributed by atoms with Crippen LogP contribution in [0.15, 0.2) is 35.9 Å². The van der Waals surface area contributed by atoms with E-state index in [0.717, 1.165) is 22.3 Å². The van der Waals surface area contributed by atoms with E-state index in [1.54, 1.807) is 6.08 Å². The molecule has 0 bridgehead atoms. The van der Waals surface area contributed by atoms with Crippen LogP contribution in [0.1, 0.15) is 25.0 Å². The summed E-state index contributed by atoms with van der Waals surface area (Å²) in [5.74, 6) is -1.30. The Kier molecular flexibility index (Phi) is 2.65. The Morgan fingerprint density at radius 3 is 2.56 bits per heavy atom. The fourth-order valence-corrected chi connectivity index (χ4v) is 2.14. The van der Waals surface area contributed by atoms with Gasteiger partial charge in [0.25, 0.3) is 0 Å². The second kappa shape index (κ2) is 3.97. The first-order chi connectivity index (χ1) is 7.61. The first-order valence-corrected chi connectivity index (χ1v) is 5.29. The average Bonchev–Trinajstić information content (AvgIpc) is 2.27. The van der Waals surface area contributed by atoms with E-state index in [0.29, 0.717) is 0 Å². The Bertz CT molecular complexity index is 491. The van der Waals surface area contributed by atoms with E-state index >= 15 is 0 Å². The fraction of sp³-hybridized carbons (Fsp3) is 0.214. The van der Waals surface area contributed by atoms with E-state index in [2.05, 4.69) is 0 Å². The number of fused-ring (bicyclic) bond motifs is 1. The van der Waals surface area contributed by atoms with E-state index in [4.69, 9.17) is 0 Å². The molecule has 0 saturated heterocycles. The minimum absolute atomic E-state index is 0.514. The third kappa shape index (κ3) is 1.67. The molecule has 0 saturated carbocycles. The van der Waals surface area contributed by atoms with Crippen molar-refractivity contribution in [2.75, 3.05) is 0 Å². The second-order valence-corrected chi connectivity index (χ2v) is 4.18. The molecule has 1 aliphatic rings. The van der Waals surface area contributed by atoms with Crippen molar-refractivity contribution < 1.29 is 9.90 Å². The van der Waals surface area contributed by atoms with Gasteiger partial charge >= 0.3 is 5.97 Å². The molecular formula is C14H14O2. The van der Waals surface area contributed by atoms with Gasteiger partial charge in [-0.15, -0.1) is 0 Å². The normalized spacial score (nSPS) is 18.1. The summed E-state index contributed by atoms with van der Waals surface area (Å²) < 4.78 is 0. The predicted octanol–water partition coefficient (Wildman–Crippen LogP) is 3.21. The molecule has 2 nitrogen and oxygen atoms in total. The molecule has 2 heteroatoms. The van der Waals surface area contributed by atoms with Gasteiger partial charge in [-0.05, 0) is 30.5 Å². The highest BCUT2D eigenvalue weighted by Gasteiger charge is 2.25. The molecule has 0 heterocycles. The molecule has 1 aromatic rings. The Morgan fingerprint density at radius 2 is 1.94 bits per heavy atom. The van der Waals surface area contributed by atoms with Gasteiger partial charge in [0.1, 0.15) is 5.92 Å². The molecule has 0 aromatic heterocycles. The summed E-state index contributed by atoms with van der Waals surface area (Å²) in [6.45, 7) is 3.92. The highest BCUT2D eigenvalue weighted by molar-refractivity contribution is 5.95. The van der Waals surface area contributed by atoms with E-state index in [1.807, 2.05) is 44.2 Å². The first kappa shape index (κ1) is 10.7. The summed E-state index contributed by atoms with van der Waals surface area (Å²) in [7, 11) is 0. The van der Waals surface area contributed by atoms with E-state index in [9.17, 15) is 9.90 Å². The molecule has 0 aliphatic heterocycles. The number of allylic oxidation sites excluding steroid dienone is 1. The highest BCUT2D eigenvalue weighted by atomic mass is 16.4. The van der Waals surface area contributed by atoms with Crippen LogP contribution in [-0.2, 0) is 4.79 Å². The quantitative estimate of drug-likeness (QED) is 0.779. The SMILES string of the molecule is CC(C)=C1c2ccccc2C=CC1C(=O)O. The number of aliphatic carboxylic acids is 1. The minimum Gasteiger partial charge on any atom is -0.481 e. The van der Waals surface area contributed by atoms with Gasteiger partial charge in [-0.1, -0.05) is 42.0 Å². The van der Waals surface area contributed by atoms with Crippen molar-refractivity contribution in [3.63, 3.8) is 0 Å². The molecule has 1 N–H and O–H groups in total. The van der Waals surface area contributed by atoms with Crippen molar-refractivity contribution in [2.45, 2.75) is 13.8 Å². The largest absolute Gasteiger partial charge is 0.481 e. The van der Waals surface area contributed by atoms with Crippen LogP contribution in [0.4, 0.5) is 0 Å². The monoisotopic (exact) mass is 214 g/mol. The van der Waals surface area contributed by atoms with Crippen LogP contribution in [0.5, 0.6) is 0 Å². The molecule has 1 unspecified atom stereocenters. The fourth-order valence-electron chi connectivity index (χ4n) is 2.14. The topological polar surface area (TPSA) is 37.3 Å². The molecule has 1 aliphatic carbocycles. The van der Waals surface area contributed by atoms with Gasteiger partial charge in [0, 0.05) is 0 Å². The number of benzene rings is 1. The lowest BCUT2D eigenvalue weighted by atomic mass is 9.82. The molecule has 16 heavy (non-hydrogen) atoms. The third-order valence-electron chi connectivity index (χ3n) is 2.83. The highest BCUT2D eigenvalue weighted by Crippen LogP contribution is 2.35.